The summed E-state index contributed by atoms with van der Waals surface area (Å²) in [6.45, 7) is 1.95. The monoisotopic (exact) mass is 335 g/mol. The van der Waals surface area contributed by atoms with Crippen molar-refractivity contribution in [1.29, 1.82) is 0 Å². The van der Waals surface area contributed by atoms with Crippen LogP contribution in [-0.4, -0.2) is 35.5 Å². The molecule has 3 rings (SSSR count). The molecule has 1 aliphatic heterocycles. The summed E-state index contributed by atoms with van der Waals surface area (Å²) in [5.74, 6) is -1.24. The zero-order valence-corrected chi connectivity index (χ0v) is 13.1. The Kier molecular flexibility index (Phi) is 4.75. The quantitative estimate of drug-likeness (QED) is 0.771. The predicted molar refractivity (Wildman–Crippen MR) is 85.5 cm³/mol. The predicted octanol–water partition coefficient (Wildman–Crippen LogP) is 1.40. The van der Waals surface area contributed by atoms with Crippen molar-refractivity contribution >= 4 is 11.6 Å². The summed E-state index contributed by atoms with van der Waals surface area (Å²) in [6, 6.07) is 3.58. The molecule has 0 radical (unpaired) electrons. The molecule has 2 heterocycles. The Morgan fingerprint density at radius 2 is 2.29 bits per heavy atom. The minimum atomic E-state index is -0.589. The maximum Gasteiger partial charge on any atom is 0.271 e. The highest BCUT2D eigenvalue weighted by Crippen LogP contribution is 2.26. The highest BCUT2D eigenvalue weighted by molar-refractivity contribution is 5.93. The Morgan fingerprint density at radius 1 is 1.46 bits per heavy atom. The third kappa shape index (κ3) is 3.38. The maximum atomic E-state index is 13.8. The zero-order valence-electron chi connectivity index (χ0n) is 13.1. The summed E-state index contributed by atoms with van der Waals surface area (Å²) in [6.07, 6.45) is 2.26. The Hall–Kier alpha value is -2.48. The minimum absolute atomic E-state index is 0.193. The van der Waals surface area contributed by atoms with Gasteiger partial charge in [0.15, 0.2) is 0 Å². The van der Waals surface area contributed by atoms with Gasteiger partial charge < -0.3 is 20.9 Å². The summed E-state index contributed by atoms with van der Waals surface area (Å²) >= 11 is 0. The summed E-state index contributed by atoms with van der Waals surface area (Å²) in [5, 5.41) is 2.84. The third-order valence-corrected chi connectivity index (χ3v) is 4.23. The van der Waals surface area contributed by atoms with Gasteiger partial charge in [0, 0.05) is 32.2 Å². The minimum Gasteiger partial charge on any atom is -0.369 e. The number of hydrogen-bond acceptors (Lipinski definition) is 4. The number of nitrogens with two attached hydrogens (primary N) is 1. The fourth-order valence-electron chi connectivity index (χ4n) is 2.95. The van der Waals surface area contributed by atoms with Crippen molar-refractivity contribution in [3.8, 4) is 0 Å². The number of anilines is 1. The van der Waals surface area contributed by atoms with Gasteiger partial charge in [-0.25, -0.2) is 13.8 Å². The molecule has 1 aromatic carbocycles. The molecule has 2 aromatic rings. The van der Waals surface area contributed by atoms with Crippen LogP contribution in [0.4, 0.5) is 14.5 Å². The molecule has 24 heavy (non-hydrogen) atoms. The largest absolute Gasteiger partial charge is 0.369 e. The number of halogens is 2. The van der Waals surface area contributed by atoms with E-state index in [1.165, 1.54) is 18.5 Å². The van der Waals surface area contributed by atoms with Gasteiger partial charge in [-0.1, -0.05) is 0 Å². The Morgan fingerprint density at radius 3 is 3.04 bits per heavy atom. The molecule has 1 aromatic heterocycles. The van der Waals surface area contributed by atoms with Gasteiger partial charge in [0.25, 0.3) is 5.91 Å². The van der Waals surface area contributed by atoms with Crippen LogP contribution in [0.25, 0.3) is 0 Å². The highest BCUT2D eigenvalue weighted by Gasteiger charge is 2.25. The Balaban J connectivity index is 1.56. The third-order valence-electron chi connectivity index (χ3n) is 4.23. The molecular weight excluding hydrogens is 316 g/mol. The molecule has 128 valence electrons. The van der Waals surface area contributed by atoms with E-state index in [0.717, 1.165) is 12.5 Å². The number of aromatic amines is 1. The zero-order chi connectivity index (χ0) is 17.1. The number of imidazole rings is 1. The van der Waals surface area contributed by atoms with Crippen LogP contribution in [0.1, 0.15) is 22.6 Å². The lowest BCUT2D eigenvalue weighted by atomic mass is 10.1. The smallest absolute Gasteiger partial charge is 0.271 e. The van der Waals surface area contributed by atoms with Crippen LogP contribution in [0.3, 0.4) is 0 Å². The van der Waals surface area contributed by atoms with E-state index >= 15 is 0 Å². The lowest BCUT2D eigenvalue weighted by molar-refractivity contribution is 0.0942. The fraction of sp³-hybridized carbons (Fsp3) is 0.375. The van der Waals surface area contributed by atoms with Crippen molar-refractivity contribution < 1.29 is 13.6 Å². The SMILES string of the molecule is NCc1[nH]cnc1C(=O)NCC1CCN(c2ccc(F)cc2F)C1. The van der Waals surface area contributed by atoms with Gasteiger partial charge in [-0.3, -0.25) is 4.79 Å². The number of H-pyrrole nitrogens is 1. The molecule has 1 fully saturated rings. The van der Waals surface area contributed by atoms with Gasteiger partial charge in [-0.15, -0.1) is 0 Å². The van der Waals surface area contributed by atoms with Crippen molar-refractivity contribution in [2.24, 2.45) is 11.7 Å². The van der Waals surface area contributed by atoms with Crippen molar-refractivity contribution in [1.82, 2.24) is 15.3 Å². The van der Waals surface area contributed by atoms with E-state index in [-0.39, 0.29) is 18.4 Å². The average Bonchev–Trinajstić information content (AvgIpc) is 3.21. The van der Waals surface area contributed by atoms with E-state index in [9.17, 15) is 13.6 Å². The molecule has 1 saturated heterocycles. The number of nitrogens with one attached hydrogen (secondary N) is 2. The molecule has 1 atom stereocenters. The van der Waals surface area contributed by atoms with E-state index < -0.39 is 11.6 Å². The lowest BCUT2D eigenvalue weighted by Gasteiger charge is -2.19. The van der Waals surface area contributed by atoms with Crippen molar-refractivity contribution in [2.75, 3.05) is 24.5 Å². The second-order valence-corrected chi connectivity index (χ2v) is 5.84. The number of rotatable bonds is 5. The molecule has 0 saturated carbocycles. The number of carbonyl (C=O) groups excluding carboxylic acids is 1. The highest BCUT2D eigenvalue weighted by atomic mass is 19.1. The molecule has 0 aliphatic carbocycles. The van der Waals surface area contributed by atoms with Crippen LogP contribution < -0.4 is 16.0 Å². The van der Waals surface area contributed by atoms with Gasteiger partial charge in [0.1, 0.15) is 17.3 Å². The average molecular weight is 335 g/mol. The topological polar surface area (TPSA) is 87.0 Å². The Bertz CT molecular complexity index is 733. The lowest BCUT2D eigenvalue weighted by Crippen LogP contribution is -2.32. The summed E-state index contributed by atoms with van der Waals surface area (Å²) in [7, 11) is 0. The van der Waals surface area contributed by atoms with Gasteiger partial charge in [0.05, 0.1) is 17.7 Å². The van der Waals surface area contributed by atoms with E-state index in [2.05, 4.69) is 15.3 Å². The normalized spacial score (nSPS) is 17.3. The molecule has 0 bridgehead atoms. The first-order valence-corrected chi connectivity index (χ1v) is 7.79. The number of hydrogen-bond donors (Lipinski definition) is 3. The number of aromatic nitrogens is 2. The van der Waals surface area contributed by atoms with Crippen LogP contribution in [0.2, 0.25) is 0 Å². The van der Waals surface area contributed by atoms with Crippen LogP contribution in [-0.2, 0) is 6.54 Å². The molecule has 8 heteroatoms. The van der Waals surface area contributed by atoms with E-state index in [0.29, 0.717) is 36.7 Å². The number of benzene rings is 1. The maximum absolute atomic E-state index is 13.8. The van der Waals surface area contributed by atoms with Crippen LogP contribution >= 0.6 is 0 Å². The first kappa shape index (κ1) is 16.4. The molecular formula is C16H19F2N5O. The molecule has 0 spiro atoms. The summed E-state index contributed by atoms with van der Waals surface area (Å²) < 4.78 is 26.8. The van der Waals surface area contributed by atoms with Gasteiger partial charge in [-0.2, -0.15) is 0 Å². The first-order valence-electron chi connectivity index (χ1n) is 7.79. The van der Waals surface area contributed by atoms with E-state index in [1.54, 1.807) is 0 Å². The van der Waals surface area contributed by atoms with E-state index in [4.69, 9.17) is 5.73 Å². The first-order chi connectivity index (χ1) is 11.6. The van der Waals surface area contributed by atoms with Crippen molar-refractivity contribution in [3.05, 3.63) is 47.5 Å². The summed E-state index contributed by atoms with van der Waals surface area (Å²) in [4.78, 5) is 20.8. The van der Waals surface area contributed by atoms with Gasteiger partial charge in [0.2, 0.25) is 0 Å². The van der Waals surface area contributed by atoms with Crippen LogP contribution in [0.15, 0.2) is 24.5 Å². The number of nitrogens with zero attached hydrogens (tertiary/aromatic N) is 2. The fourth-order valence-corrected chi connectivity index (χ4v) is 2.95. The van der Waals surface area contributed by atoms with E-state index in [1.807, 2.05) is 4.90 Å². The van der Waals surface area contributed by atoms with Crippen molar-refractivity contribution in [3.63, 3.8) is 0 Å². The molecule has 1 aliphatic rings. The Labute approximate surface area is 138 Å². The second-order valence-electron chi connectivity index (χ2n) is 5.84. The van der Waals surface area contributed by atoms with Gasteiger partial charge >= 0.3 is 0 Å². The standard InChI is InChI=1S/C16H19F2N5O/c17-11-1-2-14(12(18)5-11)23-4-3-10(8-23)7-20-16(24)15-13(6-19)21-9-22-15/h1-2,5,9-10H,3-4,6-8,19H2,(H,20,24)(H,21,22). The molecule has 1 amide bonds. The van der Waals surface area contributed by atoms with Crippen LogP contribution in [0.5, 0.6) is 0 Å². The second kappa shape index (κ2) is 6.96. The summed E-state index contributed by atoms with van der Waals surface area (Å²) in [5.41, 5.74) is 6.82. The molecule has 1 unspecified atom stereocenters. The number of amides is 1. The van der Waals surface area contributed by atoms with Gasteiger partial charge in [-0.05, 0) is 24.5 Å². The van der Waals surface area contributed by atoms with Crippen molar-refractivity contribution in [2.45, 2.75) is 13.0 Å². The number of carbonyl (C=O) groups is 1. The molecule has 4 N–H and O–H groups in total. The van der Waals surface area contributed by atoms with Crippen LogP contribution in [0, 0.1) is 17.6 Å². The molecule has 6 nitrogen and oxygen atoms in total.